The van der Waals surface area contributed by atoms with Gasteiger partial charge in [0.1, 0.15) is 0 Å². The van der Waals surface area contributed by atoms with Gasteiger partial charge in [-0.3, -0.25) is 0 Å². The Morgan fingerprint density at radius 3 is 3.00 bits per heavy atom. The molecule has 0 aromatic heterocycles. The van der Waals surface area contributed by atoms with Gasteiger partial charge in [0.2, 0.25) is 0 Å². The van der Waals surface area contributed by atoms with Crippen LogP contribution in [0.1, 0.15) is 38.2 Å². The molecule has 18 heavy (non-hydrogen) atoms. The molecule has 0 bridgehead atoms. The van der Waals surface area contributed by atoms with E-state index in [1.807, 2.05) is 11.8 Å². The third-order valence-corrected chi connectivity index (χ3v) is 4.90. The first-order valence-electron chi connectivity index (χ1n) is 7.22. The van der Waals surface area contributed by atoms with Crippen molar-refractivity contribution in [2.75, 3.05) is 12.3 Å². The van der Waals surface area contributed by atoms with Crippen LogP contribution in [-0.2, 0) is 0 Å². The lowest BCUT2D eigenvalue weighted by Crippen LogP contribution is -2.32. The number of thioether (sulfide) groups is 1. The van der Waals surface area contributed by atoms with Crippen LogP contribution in [0.15, 0.2) is 29.2 Å². The Bertz CT molecular complexity index is 364. The molecule has 0 spiro atoms. The van der Waals surface area contributed by atoms with Crippen LogP contribution >= 0.6 is 11.8 Å². The van der Waals surface area contributed by atoms with Gasteiger partial charge in [0.15, 0.2) is 0 Å². The van der Waals surface area contributed by atoms with E-state index in [-0.39, 0.29) is 0 Å². The van der Waals surface area contributed by atoms with Crippen molar-refractivity contribution in [2.45, 2.75) is 50.5 Å². The number of rotatable bonds is 6. The summed E-state index contributed by atoms with van der Waals surface area (Å²) in [7, 11) is 0. The van der Waals surface area contributed by atoms with Gasteiger partial charge in [-0.1, -0.05) is 31.0 Å². The minimum absolute atomic E-state index is 0.785. The molecule has 0 saturated heterocycles. The lowest BCUT2D eigenvalue weighted by atomic mass is 10.0. The summed E-state index contributed by atoms with van der Waals surface area (Å²) in [4.78, 5) is 1.42. The average Bonchev–Trinajstić information content (AvgIpc) is 2.78. The first-order chi connectivity index (χ1) is 8.79. The highest BCUT2D eigenvalue weighted by Crippen LogP contribution is 2.31. The van der Waals surface area contributed by atoms with E-state index in [1.54, 1.807) is 0 Å². The maximum Gasteiger partial charge on any atom is 0.00955 e. The number of hydrogen-bond donors (Lipinski definition) is 1. The van der Waals surface area contributed by atoms with Gasteiger partial charge in [-0.25, -0.2) is 0 Å². The van der Waals surface area contributed by atoms with Gasteiger partial charge >= 0.3 is 0 Å². The van der Waals surface area contributed by atoms with E-state index in [0.717, 1.165) is 18.5 Å². The van der Waals surface area contributed by atoms with Crippen LogP contribution in [0.25, 0.3) is 0 Å². The molecule has 2 unspecified atom stereocenters. The molecule has 1 aromatic rings. The topological polar surface area (TPSA) is 12.0 Å². The van der Waals surface area contributed by atoms with Gasteiger partial charge in [0, 0.05) is 10.9 Å². The fourth-order valence-corrected chi connectivity index (χ4v) is 4.05. The summed E-state index contributed by atoms with van der Waals surface area (Å²) in [6, 6.07) is 9.64. The molecule has 100 valence electrons. The molecule has 2 heteroatoms. The van der Waals surface area contributed by atoms with Gasteiger partial charge < -0.3 is 5.32 Å². The first-order valence-corrected chi connectivity index (χ1v) is 8.21. The zero-order chi connectivity index (χ0) is 12.8. The van der Waals surface area contributed by atoms with Crippen molar-refractivity contribution in [3.8, 4) is 0 Å². The van der Waals surface area contributed by atoms with Crippen molar-refractivity contribution in [2.24, 2.45) is 5.92 Å². The third kappa shape index (κ3) is 4.03. The van der Waals surface area contributed by atoms with Gasteiger partial charge in [-0.15, -0.1) is 11.8 Å². The molecular formula is C16H25NS. The quantitative estimate of drug-likeness (QED) is 0.770. The molecule has 0 amide bonds. The van der Waals surface area contributed by atoms with Crippen LogP contribution in [0.4, 0.5) is 0 Å². The van der Waals surface area contributed by atoms with Crippen LogP contribution in [-0.4, -0.2) is 18.3 Å². The molecule has 0 heterocycles. The van der Waals surface area contributed by atoms with Crippen molar-refractivity contribution in [3.05, 3.63) is 29.8 Å². The monoisotopic (exact) mass is 263 g/mol. The van der Waals surface area contributed by atoms with E-state index in [0.29, 0.717) is 0 Å². The summed E-state index contributed by atoms with van der Waals surface area (Å²) in [6.45, 7) is 5.51. The summed E-state index contributed by atoms with van der Waals surface area (Å²) in [5.41, 5.74) is 1.37. The molecule has 1 aliphatic carbocycles. The van der Waals surface area contributed by atoms with Crippen molar-refractivity contribution in [3.63, 3.8) is 0 Å². The Morgan fingerprint density at radius 2 is 2.22 bits per heavy atom. The molecule has 1 fully saturated rings. The molecule has 1 aliphatic rings. The average molecular weight is 263 g/mol. The molecule has 0 aliphatic heterocycles. The number of aryl methyl sites for hydroxylation is 1. The smallest absolute Gasteiger partial charge is 0.00955 e. The van der Waals surface area contributed by atoms with E-state index in [1.165, 1.54) is 41.9 Å². The Morgan fingerprint density at radius 1 is 1.33 bits per heavy atom. The summed E-state index contributed by atoms with van der Waals surface area (Å²) in [6.07, 6.45) is 5.58. The maximum absolute atomic E-state index is 3.64. The van der Waals surface area contributed by atoms with Gasteiger partial charge in [-0.05, 0) is 56.5 Å². The zero-order valence-electron chi connectivity index (χ0n) is 11.6. The Balaban J connectivity index is 1.74. The summed E-state index contributed by atoms with van der Waals surface area (Å²) in [5, 5.41) is 3.64. The molecule has 1 nitrogen and oxygen atoms in total. The van der Waals surface area contributed by atoms with Gasteiger partial charge in [-0.2, -0.15) is 0 Å². The molecule has 0 radical (unpaired) electrons. The van der Waals surface area contributed by atoms with Gasteiger partial charge in [0.25, 0.3) is 0 Å². The zero-order valence-corrected chi connectivity index (χ0v) is 12.4. The maximum atomic E-state index is 3.64. The standard InChI is InChI=1S/C16H25NS/c1-3-17-16-9-5-7-14(16)10-11-18-15-8-4-6-13(2)12-15/h4,6,8,12,14,16-17H,3,5,7,9-11H2,1-2H3. The van der Waals surface area contributed by atoms with Gasteiger partial charge in [0.05, 0.1) is 0 Å². The van der Waals surface area contributed by atoms with Crippen LogP contribution in [0.5, 0.6) is 0 Å². The molecule has 1 N–H and O–H groups in total. The Kier molecular flexibility index (Phi) is 5.58. The van der Waals surface area contributed by atoms with Crippen molar-refractivity contribution < 1.29 is 0 Å². The molecule has 1 saturated carbocycles. The fraction of sp³-hybridized carbons (Fsp3) is 0.625. The molecule has 2 rings (SSSR count). The van der Waals surface area contributed by atoms with E-state index in [9.17, 15) is 0 Å². The van der Waals surface area contributed by atoms with Crippen LogP contribution in [0.2, 0.25) is 0 Å². The summed E-state index contributed by atoms with van der Waals surface area (Å²) < 4.78 is 0. The summed E-state index contributed by atoms with van der Waals surface area (Å²) >= 11 is 2.01. The Hall–Kier alpha value is -0.470. The molecule has 1 aromatic carbocycles. The SMILES string of the molecule is CCNC1CCCC1CCSc1cccc(C)c1. The second-order valence-corrected chi connectivity index (χ2v) is 6.48. The number of benzene rings is 1. The highest BCUT2D eigenvalue weighted by atomic mass is 32.2. The van der Waals surface area contributed by atoms with Crippen molar-refractivity contribution in [1.82, 2.24) is 5.32 Å². The van der Waals surface area contributed by atoms with E-state index < -0.39 is 0 Å². The number of hydrogen-bond acceptors (Lipinski definition) is 2. The third-order valence-electron chi connectivity index (χ3n) is 3.87. The van der Waals surface area contributed by atoms with Crippen molar-refractivity contribution in [1.29, 1.82) is 0 Å². The predicted molar refractivity (Wildman–Crippen MR) is 81.3 cm³/mol. The number of nitrogens with one attached hydrogen (secondary N) is 1. The van der Waals surface area contributed by atoms with Crippen LogP contribution in [0.3, 0.4) is 0 Å². The first kappa shape index (κ1) is 14.0. The largest absolute Gasteiger partial charge is 0.314 e. The fourth-order valence-electron chi connectivity index (χ4n) is 2.95. The van der Waals surface area contributed by atoms with Crippen molar-refractivity contribution >= 4 is 11.8 Å². The molecule has 2 atom stereocenters. The normalized spacial score (nSPS) is 23.4. The van der Waals surface area contributed by atoms with E-state index in [2.05, 4.69) is 43.4 Å². The van der Waals surface area contributed by atoms with Crippen LogP contribution in [0, 0.1) is 12.8 Å². The minimum Gasteiger partial charge on any atom is -0.314 e. The minimum atomic E-state index is 0.785. The second kappa shape index (κ2) is 7.20. The van der Waals surface area contributed by atoms with Crippen LogP contribution < -0.4 is 5.32 Å². The highest BCUT2D eigenvalue weighted by molar-refractivity contribution is 7.99. The lowest BCUT2D eigenvalue weighted by Gasteiger charge is -2.20. The second-order valence-electron chi connectivity index (χ2n) is 5.31. The predicted octanol–water partition coefficient (Wildman–Crippen LogP) is 4.26. The summed E-state index contributed by atoms with van der Waals surface area (Å²) in [5.74, 6) is 2.16. The molecular weight excluding hydrogens is 238 g/mol. The van der Waals surface area contributed by atoms with E-state index >= 15 is 0 Å². The lowest BCUT2D eigenvalue weighted by molar-refractivity contribution is 0.400. The van der Waals surface area contributed by atoms with E-state index in [4.69, 9.17) is 0 Å². The highest BCUT2D eigenvalue weighted by Gasteiger charge is 2.25. The Labute approximate surface area is 116 Å².